The fourth-order valence-corrected chi connectivity index (χ4v) is 2.15. The Bertz CT molecular complexity index is 263. The lowest BCUT2D eigenvalue weighted by Gasteiger charge is -2.35. The third-order valence-corrected chi connectivity index (χ3v) is 3.11. The predicted molar refractivity (Wildman–Crippen MR) is 67.4 cm³/mol. The molecule has 0 radical (unpaired) electrons. The molecule has 1 aliphatic carbocycles. The molecular weight excluding hydrogens is 218 g/mol. The van der Waals surface area contributed by atoms with Gasteiger partial charge in [-0.25, -0.2) is 4.79 Å². The molecular formula is C12H25N3O2. The van der Waals surface area contributed by atoms with Crippen molar-refractivity contribution in [2.45, 2.75) is 64.1 Å². The third kappa shape index (κ3) is 4.52. The van der Waals surface area contributed by atoms with E-state index in [1.807, 2.05) is 20.8 Å². The maximum Gasteiger partial charge on any atom is 0.410 e. The van der Waals surface area contributed by atoms with Gasteiger partial charge in [-0.15, -0.1) is 0 Å². The molecule has 0 aromatic rings. The maximum absolute atomic E-state index is 11.9. The van der Waals surface area contributed by atoms with Crippen LogP contribution in [0.1, 0.15) is 46.5 Å². The summed E-state index contributed by atoms with van der Waals surface area (Å²) in [7, 11) is 1.80. The molecule has 17 heavy (non-hydrogen) atoms. The number of ether oxygens (including phenoxy) is 1. The van der Waals surface area contributed by atoms with Gasteiger partial charge in [0.05, 0.1) is 0 Å². The summed E-state index contributed by atoms with van der Waals surface area (Å²) in [6, 6.07) is 0.526. The van der Waals surface area contributed by atoms with Crippen LogP contribution < -0.4 is 11.3 Å². The van der Waals surface area contributed by atoms with Gasteiger partial charge in [-0.3, -0.25) is 11.3 Å². The standard InChI is InChI=1S/C12H25N3O2/c1-12(2,3)17-11(16)15(4)10-7-5-6-9(8-10)14-13/h9-10,14H,5-8,13H2,1-4H3/t9-,10-/m1/s1. The average Bonchev–Trinajstić information content (AvgIpc) is 2.26. The molecule has 5 heteroatoms. The minimum Gasteiger partial charge on any atom is -0.444 e. The number of hydrogen-bond donors (Lipinski definition) is 2. The van der Waals surface area contributed by atoms with Gasteiger partial charge in [-0.2, -0.15) is 0 Å². The Morgan fingerprint density at radius 2 is 2.06 bits per heavy atom. The zero-order valence-corrected chi connectivity index (χ0v) is 11.3. The van der Waals surface area contributed by atoms with Gasteiger partial charge in [0.25, 0.3) is 0 Å². The second kappa shape index (κ2) is 5.69. The fraction of sp³-hybridized carbons (Fsp3) is 0.917. The molecule has 0 saturated heterocycles. The van der Waals surface area contributed by atoms with E-state index in [0.29, 0.717) is 6.04 Å². The minimum atomic E-state index is -0.439. The molecule has 0 spiro atoms. The largest absolute Gasteiger partial charge is 0.444 e. The second-order valence-electron chi connectivity index (χ2n) is 5.78. The van der Waals surface area contributed by atoms with Gasteiger partial charge in [-0.1, -0.05) is 0 Å². The van der Waals surface area contributed by atoms with Gasteiger partial charge in [0.1, 0.15) is 5.60 Å². The molecule has 5 nitrogen and oxygen atoms in total. The number of amides is 1. The number of hydrazine groups is 1. The van der Waals surface area contributed by atoms with Crippen molar-refractivity contribution < 1.29 is 9.53 Å². The van der Waals surface area contributed by atoms with E-state index in [9.17, 15) is 4.79 Å². The maximum atomic E-state index is 11.9. The first kappa shape index (κ1) is 14.3. The summed E-state index contributed by atoms with van der Waals surface area (Å²) in [5.41, 5.74) is 2.36. The highest BCUT2D eigenvalue weighted by Gasteiger charge is 2.29. The Balaban J connectivity index is 2.51. The molecule has 1 fully saturated rings. The van der Waals surface area contributed by atoms with Crippen molar-refractivity contribution in [3.8, 4) is 0 Å². The molecule has 0 unspecified atom stereocenters. The molecule has 0 aromatic heterocycles. The molecule has 1 amide bonds. The van der Waals surface area contributed by atoms with Crippen LogP contribution in [0.15, 0.2) is 0 Å². The van der Waals surface area contributed by atoms with Crippen molar-refractivity contribution in [3.05, 3.63) is 0 Å². The Morgan fingerprint density at radius 1 is 1.41 bits per heavy atom. The van der Waals surface area contributed by atoms with Gasteiger partial charge < -0.3 is 9.64 Å². The van der Waals surface area contributed by atoms with E-state index in [2.05, 4.69) is 5.43 Å². The summed E-state index contributed by atoms with van der Waals surface area (Å²) >= 11 is 0. The third-order valence-electron chi connectivity index (χ3n) is 3.11. The molecule has 100 valence electrons. The SMILES string of the molecule is CN(C(=O)OC(C)(C)C)[C@@H]1CCC[C@@H](NN)C1. The van der Waals surface area contributed by atoms with Crippen LogP contribution in [0.2, 0.25) is 0 Å². The highest BCUT2D eigenvalue weighted by molar-refractivity contribution is 5.68. The number of carbonyl (C=O) groups excluding carboxylic acids is 1. The monoisotopic (exact) mass is 243 g/mol. The van der Waals surface area contributed by atoms with E-state index >= 15 is 0 Å². The van der Waals surface area contributed by atoms with Gasteiger partial charge in [0.2, 0.25) is 0 Å². The van der Waals surface area contributed by atoms with Crippen LogP contribution in [-0.4, -0.2) is 35.7 Å². The van der Waals surface area contributed by atoms with E-state index in [1.165, 1.54) is 0 Å². The first-order chi connectivity index (χ1) is 7.83. The van der Waals surface area contributed by atoms with Crippen LogP contribution in [-0.2, 0) is 4.74 Å². The Kier molecular flexibility index (Phi) is 4.77. The molecule has 0 aliphatic heterocycles. The molecule has 1 saturated carbocycles. The first-order valence-electron chi connectivity index (χ1n) is 6.25. The number of rotatable bonds is 2. The number of carbonyl (C=O) groups is 1. The normalized spacial score (nSPS) is 25.5. The van der Waals surface area contributed by atoms with Crippen LogP contribution in [0, 0.1) is 0 Å². The van der Waals surface area contributed by atoms with Crippen molar-refractivity contribution in [2.24, 2.45) is 5.84 Å². The highest BCUT2D eigenvalue weighted by Crippen LogP contribution is 2.23. The van der Waals surface area contributed by atoms with Crippen LogP contribution in [0.25, 0.3) is 0 Å². The smallest absolute Gasteiger partial charge is 0.410 e. The molecule has 0 aromatic carbocycles. The topological polar surface area (TPSA) is 67.6 Å². The number of nitrogens with zero attached hydrogens (tertiary/aromatic N) is 1. The van der Waals surface area contributed by atoms with Crippen LogP contribution >= 0.6 is 0 Å². The van der Waals surface area contributed by atoms with Gasteiger partial charge in [-0.05, 0) is 46.5 Å². The summed E-state index contributed by atoms with van der Waals surface area (Å²) in [4.78, 5) is 13.6. The van der Waals surface area contributed by atoms with Crippen molar-refractivity contribution in [1.29, 1.82) is 0 Å². The van der Waals surface area contributed by atoms with Gasteiger partial charge >= 0.3 is 6.09 Å². The van der Waals surface area contributed by atoms with Crippen molar-refractivity contribution in [2.75, 3.05) is 7.05 Å². The van der Waals surface area contributed by atoms with E-state index in [4.69, 9.17) is 10.6 Å². The van der Waals surface area contributed by atoms with E-state index in [1.54, 1.807) is 11.9 Å². The summed E-state index contributed by atoms with van der Waals surface area (Å²) in [6.07, 6.45) is 3.84. The molecule has 1 aliphatic rings. The zero-order valence-electron chi connectivity index (χ0n) is 11.3. The fourth-order valence-electron chi connectivity index (χ4n) is 2.15. The zero-order chi connectivity index (χ0) is 13.1. The lowest BCUT2D eigenvalue weighted by molar-refractivity contribution is 0.0175. The molecule has 2 atom stereocenters. The van der Waals surface area contributed by atoms with Crippen LogP contribution in [0.4, 0.5) is 4.79 Å². The average molecular weight is 243 g/mol. The van der Waals surface area contributed by atoms with Crippen molar-refractivity contribution in [1.82, 2.24) is 10.3 Å². The Hall–Kier alpha value is -0.810. The van der Waals surface area contributed by atoms with E-state index in [-0.39, 0.29) is 12.1 Å². The van der Waals surface area contributed by atoms with E-state index in [0.717, 1.165) is 25.7 Å². The Labute approximate surface area is 104 Å². The minimum absolute atomic E-state index is 0.222. The van der Waals surface area contributed by atoms with Gasteiger partial charge in [0, 0.05) is 19.1 Å². The van der Waals surface area contributed by atoms with Crippen molar-refractivity contribution >= 4 is 6.09 Å². The lowest BCUT2D eigenvalue weighted by atomic mass is 9.91. The highest BCUT2D eigenvalue weighted by atomic mass is 16.6. The second-order valence-corrected chi connectivity index (χ2v) is 5.78. The first-order valence-corrected chi connectivity index (χ1v) is 6.25. The number of nitrogens with one attached hydrogen (secondary N) is 1. The molecule has 3 N–H and O–H groups in total. The van der Waals surface area contributed by atoms with Crippen molar-refractivity contribution in [3.63, 3.8) is 0 Å². The summed E-state index contributed by atoms with van der Waals surface area (Å²) in [5, 5.41) is 0. The predicted octanol–water partition coefficient (Wildman–Crippen LogP) is 1.63. The van der Waals surface area contributed by atoms with Crippen LogP contribution in [0.5, 0.6) is 0 Å². The lowest BCUT2D eigenvalue weighted by Crippen LogP contribution is -2.48. The molecule has 0 heterocycles. The number of nitrogens with two attached hydrogens (primary N) is 1. The quantitative estimate of drug-likeness (QED) is 0.571. The van der Waals surface area contributed by atoms with Crippen LogP contribution in [0.3, 0.4) is 0 Å². The van der Waals surface area contributed by atoms with E-state index < -0.39 is 5.60 Å². The van der Waals surface area contributed by atoms with Gasteiger partial charge in [0.15, 0.2) is 0 Å². The summed E-state index contributed by atoms with van der Waals surface area (Å²) in [6.45, 7) is 5.64. The summed E-state index contributed by atoms with van der Waals surface area (Å²) < 4.78 is 5.36. The molecule has 0 bridgehead atoms. The Morgan fingerprint density at radius 3 is 2.59 bits per heavy atom. The molecule has 1 rings (SSSR count). The number of hydrogen-bond acceptors (Lipinski definition) is 4. The summed E-state index contributed by atoms with van der Waals surface area (Å²) in [5.74, 6) is 5.46.